The molecule has 0 atom stereocenters. The van der Waals surface area contributed by atoms with Crippen molar-refractivity contribution < 1.29 is 14.8 Å². The monoisotopic (exact) mass is 417 g/mol. The highest BCUT2D eigenvalue weighted by Crippen LogP contribution is 2.30. The number of hydrogen-bond donors (Lipinski definition) is 1. The van der Waals surface area contributed by atoms with Gasteiger partial charge in [0, 0.05) is 34.9 Å². The summed E-state index contributed by atoms with van der Waals surface area (Å²) in [5.41, 5.74) is 1.79. The van der Waals surface area contributed by atoms with Gasteiger partial charge >= 0.3 is 0 Å². The van der Waals surface area contributed by atoms with Crippen LogP contribution in [0.4, 0.5) is 10.8 Å². The van der Waals surface area contributed by atoms with E-state index in [0.29, 0.717) is 5.13 Å². The number of nitro groups is 1. The first-order valence-electron chi connectivity index (χ1n) is 8.89. The van der Waals surface area contributed by atoms with Crippen LogP contribution in [-0.4, -0.2) is 21.2 Å². The van der Waals surface area contributed by atoms with Crippen molar-refractivity contribution in [3.8, 4) is 28.5 Å². The Morgan fingerprint density at radius 2 is 1.77 bits per heavy atom. The lowest BCUT2D eigenvalue weighted by atomic mass is 10.2. The van der Waals surface area contributed by atoms with Gasteiger partial charge in [-0.1, -0.05) is 18.2 Å². The highest BCUT2D eigenvalue weighted by Gasteiger charge is 2.09. The zero-order valence-electron chi connectivity index (χ0n) is 15.5. The van der Waals surface area contributed by atoms with Crippen LogP contribution in [0.3, 0.4) is 0 Å². The van der Waals surface area contributed by atoms with Crippen LogP contribution in [0.5, 0.6) is 17.2 Å². The predicted molar refractivity (Wildman–Crippen MR) is 116 cm³/mol. The van der Waals surface area contributed by atoms with Gasteiger partial charge in [0.1, 0.15) is 17.2 Å². The number of aliphatic imine (C=N–C) groups is 1. The minimum absolute atomic E-state index is 0.0878. The van der Waals surface area contributed by atoms with Gasteiger partial charge in [-0.05, 0) is 42.5 Å². The van der Waals surface area contributed by atoms with Crippen molar-refractivity contribution in [3.63, 3.8) is 0 Å². The summed E-state index contributed by atoms with van der Waals surface area (Å²) in [4.78, 5) is 19.1. The molecule has 0 aliphatic heterocycles. The van der Waals surface area contributed by atoms with Crippen molar-refractivity contribution in [3.05, 3.63) is 93.9 Å². The van der Waals surface area contributed by atoms with Crippen LogP contribution >= 0.6 is 11.3 Å². The van der Waals surface area contributed by atoms with E-state index in [0.717, 1.165) is 22.8 Å². The molecular formula is C22H15N3O4S. The first-order chi connectivity index (χ1) is 14.6. The smallest absolute Gasteiger partial charge is 0.270 e. The van der Waals surface area contributed by atoms with E-state index >= 15 is 0 Å². The van der Waals surface area contributed by atoms with Crippen molar-refractivity contribution in [2.24, 2.45) is 4.99 Å². The molecule has 1 N–H and O–H groups in total. The van der Waals surface area contributed by atoms with Gasteiger partial charge in [-0.2, -0.15) is 0 Å². The number of aromatic nitrogens is 1. The maximum atomic E-state index is 10.9. The van der Waals surface area contributed by atoms with Crippen LogP contribution < -0.4 is 4.74 Å². The van der Waals surface area contributed by atoms with Crippen molar-refractivity contribution in [2.45, 2.75) is 0 Å². The minimum Gasteiger partial charge on any atom is -0.507 e. The number of aromatic hydroxyl groups is 1. The molecule has 0 aliphatic rings. The third kappa shape index (κ3) is 4.50. The Kier molecular flexibility index (Phi) is 5.49. The number of nitro benzene ring substituents is 1. The number of thiazole rings is 1. The molecule has 0 amide bonds. The summed E-state index contributed by atoms with van der Waals surface area (Å²) >= 11 is 1.33. The molecule has 8 heteroatoms. The Morgan fingerprint density at radius 1 is 1.03 bits per heavy atom. The number of phenolic OH excluding ortho intramolecular Hbond substituents is 1. The lowest BCUT2D eigenvalue weighted by Crippen LogP contribution is -1.90. The Morgan fingerprint density at radius 3 is 2.50 bits per heavy atom. The van der Waals surface area contributed by atoms with Gasteiger partial charge < -0.3 is 9.84 Å². The zero-order valence-corrected chi connectivity index (χ0v) is 16.3. The number of ether oxygens (including phenoxy) is 1. The Bertz CT molecular complexity index is 1200. The van der Waals surface area contributed by atoms with Gasteiger partial charge in [0.15, 0.2) is 0 Å². The molecule has 1 heterocycles. The van der Waals surface area contributed by atoms with Gasteiger partial charge in [-0.3, -0.25) is 10.1 Å². The SMILES string of the molecule is O=[N+]([O-])c1ccc(O)c(C=Nc2nc(-c3ccc(Oc4ccccc4)cc3)cs2)c1. The van der Waals surface area contributed by atoms with E-state index in [1.54, 1.807) is 0 Å². The Balaban J connectivity index is 1.48. The second-order valence-electron chi connectivity index (χ2n) is 6.21. The minimum atomic E-state index is -0.524. The first-order valence-corrected chi connectivity index (χ1v) is 9.77. The molecule has 0 fully saturated rings. The van der Waals surface area contributed by atoms with Crippen LogP contribution in [0.1, 0.15) is 5.56 Å². The van der Waals surface area contributed by atoms with Crippen molar-refractivity contribution >= 4 is 28.4 Å². The number of para-hydroxylation sites is 1. The third-order valence-corrected chi connectivity index (χ3v) is 4.91. The number of rotatable bonds is 6. The van der Waals surface area contributed by atoms with E-state index < -0.39 is 4.92 Å². The molecule has 0 bridgehead atoms. The standard InChI is InChI=1S/C22H15N3O4S/c26-21-11-8-17(25(27)28)12-16(21)13-23-22-24-20(14-30-22)15-6-9-19(10-7-15)29-18-4-2-1-3-5-18/h1-14,26H. The second kappa shape index (κ2) is 8.54. The third-order valence-electron chi connectivity index (χ3n) is 4.16. The molecule has 1 aromatic heterocycles. The summed E-state index contributed by atoms with van der Waals surface area (Å²) < 4.78 is 5.79. The molecule has 0 saturated heterocycles. The van der Waals surface area contributed by atoms with Crippen molar-refractivity contribution in [1.29, 1.82) is 0 Å². The van der Waals surface area contributed by atoms with E-state index in [9.17, 15) is 15.2 Å². The van der Waals surface area contributed by atoms with Gasteiger partial charge in [0.2, 0.25) is 5.13 Å². The summed E-state index contributed by atoms with van der Waals surface area (Å²) in [6, 6.07) is 20.8. The molecule has 4 aromatic rings. The van der Waals surface area contributed by atoms with Crippen molar-refractivity contribution in [2.75, 3.05) is 0 Å². The molecule has 0 saturated carbocycles. The van der Waals surface area contributed by atoms with E-state index in [2.05, 4.69) is 9.98 Å². The number of non-ortho nitro benzene ring substituents is 1. The summed E-state index contributed by atoms with van der Waals surface area (Å²) in [5.74, 6) is 1.40. The summed E-state index contributed by atoms with van der Waals surface area (Å²) in [6.07, 6.45) is 1.36. The molecule has 7 nitrogen and oxygen atoms in total. The molecule has 30 heavy (non-hydrogen) atoms. The normalized spacial score (nSPS) is 10.9. The van der Waals surface area contributed by atoms with E-state index in [4.69, 9.17) is 4.74 Å². The topological polar surface area (TPSA) is 97.9 Å². The predicted octanol–water partition coefficient (Wildman–Crippen LogP) is 5.97. The second-order valence-corrected chi connectivity index (χ2v) is 7.05. The van der Waals surface area contributed by atoms with E-state index in [1.165, 1.54) is 35.8 Å². The van der Waals surface area contributed by atoms with Gasteiger partial charge in [-0.15, -0.1) is 11.3 Å². The molecule has 0 spiro atoms. The molecule has 4 rings (SSSR count). The van der Waals surface area contributed by atoms with Crippen molar-refractivity contribution in [1.82, 2.24) is 4.98 Å². The quantitative estimate of drug-likeness (QED) is 0.237. The Labute approximate surface area is 175 Å². The number of phenols is 1. The molecular weight excluding hydrogens is 402 g/mol. The fourth-order valence-corrected chi connectivity index (χ4v) is 3.33. The maximum absolute atomic E-state index is 10.9. The molecule has 3 aromatic carbocycles. The Hall–Kier alpha value is -4.04. The fraction of sp³-hybridized carbons (Fsp3) is 0. The van der Waals surface area contributed by atoms with Crippen LogP contribution in [0, 0.1) is 10.1 Å². The molecule has 148 valence electrons. The highest BCUT2D eigenvalue weighted by molar-refractivity contribution is 7.13. The zero-order chi connectivity index (χ0) is 20.9. The first kappa shape index (κ1) is 19.3. The average Bonchev–Trinajstić information content (AvgIpc) is 3.23. The summed E-state index contributed by atoms with van der Waals surface area (Å²) in [5, 5.41) is 23.1. The van der Waals surface area contributed by atoms with Crippen LogP contribution in [-0.2, 0) is 0 Å². The highest BCUT2D eigenvalue weighted by atomic mass is 32.1. The van der Waals surface area contributed by atoms with Gasteiger partial charge in [0.05, 0.1) is 10.6 Å². The molecule has 0 unspecified atom stereocenters. The summed E-state index contributed by atoms with van der Waals surface area (Å²) in [7, 11) is 0. The lowest BCUT2D eigenvalue weighted by molar-refractivity contribution is -0.384. The van der Waals surface area contributed by atoms with Crippen LogP contribution in [0.25, 0.3) is 11.3 Å². The van der Waals surface area contributed by atoms with Gasteiger partial charge in [-0.25, -0.2) is 9.98 Å². The fourth-order valence-electron chi connectivity index (χ4n) is 2.66. The number of hydrogen-bond acceptors (Lipinski definition) is 7. The number of nitrogens with zero attached hydrogens (tertiary/aromatic N) is 3. The summed E-state index contributed by atoms with van der Waals surface area (Å²) in [6.45, 7) is 0. The van der Waals surface area contributed by atoms with E-state index in [1.807, 2.05) is 60.0 Å². The average molecular weight is 417 g/mol. The van der Waals surface area contributed by atoms with Gasteiger partial charge in [0.25, 0.3) is 5.69 Å². The van der Waals surface area contributed by atoms with Crippen LogP contribution in [0.15, 0.2) is 83.2 Å². The molecule has 0 radical (unpaired) electrons. The maximum Gasteiger partial charge on any atom is 0.270 e. The lowest BCUT2D eigenvalue weighted by Gasteiger charge is -2.05. The molecule has 0 aliphatic carbocycles. The van der Waals surface area contributed by atoms with Crippen LogP contribution in [0.2, 0.25) is 0 Å². The largest absolute Gasteiger partial charge is 0.507 e. The number of benzene rings is 3. The van der Waals surface area contributed by atoms with E-state index in [-0.39, 0.29) is 17.0 Å².